The standard InChI is InChI=1S/C22H21NO2S/c1-15-7-12-20-16(13-15)14-21(26-20)22(24)23-17-8-10-19(11-9-17)25-18-5-3-2-4-6-18/h2-6,8-11,14-15H,7,12-13H2,1H3,(H,23,24)/t15-/m0/s1. The molecule has 0 saturated carbocycles. The molecule has 0 spiro atoms. The molecule has 132 valence electrons. The minimum atomic E-state index is -0.0335. The Hall–Kier alpha value is -2.59. The Kier molecular flexibility index (Phi) is 4.76. The lowest BCUT2D eigenvalue weighted by Crippen LogP contribution is -2.10. The molecule has 1 heterocycles. The molecule has 3 aromatic rings. The zero-order valence-electron chi connectivity index (χ0n) is 14.7. The van der Waals surface area contributed by atoms with Gasteiger partial charge in [-0.15, -0.1) is 11.3 Å². The summed E-state index contributed by atoms with van der Waals surface area (Å²) in [6, 6.07) is 19.2. The first-order valence-electron chi connectivity index (χ1n) is 8.93. The van der Waals surface area contributed by atoms with Gasteiger partial charge in [-0.2, -0.15) is 0 Å². The highest BCUT2D eigenvalue weighted by Gasteiger charge is 2.20. The molecule has 1 amide bonds. The van der Waals surface area contributed by atoms with Gasteiger partial charge in [-0.1, -0.05) is 25.1 Å². The van der Waals surface area contributed by atoms with Crippen molar-refractivity contribution < 1.29 is 9.53 Å². The number of rotatable bonds is 4. The van der Waals surface area contributed by atoms with Gasteiger partial charge in [0.05, 0.1) is 4.88 Å². The molecule has 0 aliphatic heterocycles. The van der Waals surface area contributed by atoms with Crippen LogP contribution in [0.2, 0.25) is 0 Å². The van der Waals surface area contributed by atoms with E-state index in [9.17, 15) is 4.79 Å². The van der Waals surface area contributed by atoms with E-state index in [-0.39, 0.29) is 5.91 Å². The van der Waals surface area contributed by atoms with Gasteiger partial charge < -0.3 is 10.1 Å². The summed E-state index contributed by atoms with van der Waals surface area (Å²) in [5.41, 5.74) is 2.13. The summed E-state index contributed by atoms with van der Waals surface area (Å²) in [4.78, 5) is 14.7. The van der Waals surface area contributed by atoms with Crippen LogP contribution in [0.25, 0.3) is 0 Å². The van der Waals surface area contributed by atoms with Crippen molar-refractivity contribution >= 4 is 22.9 Å². The van der Waals surface area contributed by atoms with Crippen LogP contribution in [0.1, 0.15) is 33.5 Å². The van der Waals surface area contributed by atoms with Gasteiger partial charge in [-0.3, -0.25) is 4.79 Å². The quantitative estimate of drug-likeness (QED) is 0.625. The number of hydrogen-bond donors (Lipinski definition) is 1. The smallest absolute Gasteiger partial charge is 0.265 e. The van der Waals surface area contributed by atoms with Crippen molar-refractivity contribution in [3.63, 3.8) is 0 Å². The van der Waals surface area contributed by atoms with Crippen molar-refractivity contribution in [2.24, 2.45) is 5.92 Å². The average molecular weight is 363 g/mol. The lowest BCUT2D eigenvalue weighted by Gasteiger charge is -2.16. The monoisotopic (exact) mass is 363 g/mol. The summed E-state index contributed by atoms with van der Waals surface area (Å²) in [6.45, 7) is 2.28. The third-order valence-electron chi connectivity index (χ3n) is 4.64. The highest BCUT2D eigenvalue weighted by Crippen LogP contribution is 2.32. The fourth-order valence-electron chi connectivity index (χ4n) is 3.24. The number of para-hydroxylation sites is 1. The largest absolute Gasteiger partial charge is 0.457 e. The van der Waals surface area contributed by atoms with Crippen LogP contribution >= 0.6 is 11.3 Å². The molecule has 2 aromatic carbocycles. The minimum Gasteiger partial charge on any atom is -0.457 e. The van der Waals surface area contributed by atoms with E-state index < -0.39 is 0 Å². The second kappa shape index (κ2) is 7.34. The fraction of sp³-hybridized carbons (Fsp3) is 0.227. The van der Waals surface area contributed by atoms with Crippen LogP contribution in [0.3, 0.4) is 0 Å². The van der Waals surface area contributed by atoms with Crippen molar-refractivity contribution in [2.45, 2.75) is 26.2 Å². The molecule has 0 saturated heterocycles. The predicted molar refractivity (Wildman–Crippen MR) is 106 cm³/mol. The predicted octanol–water partition coefficient (Wildman–Crippen LogP) is 5.92. The minimum absolute atomic E-state index is 0.0335. The molecule has 0 radical (unpaired) electrons. The second-order valence-electron chi connectivity index (χ2n) is 6.80. The zero-order valence-corrected chi connectivity index (χ0v) is 15.5. The maximum atomic E-state index is 12.6. The number of aryl methyl sites for hydroxylation is 1. The molecule has 1 aliphatic rings. The Bertz CT molecular complexity index is 900. The van der Waals surface area contributed by atoms with E-state index in [0.29, 0.717) is 5.92 Å². The molecule has 1 N–H and O–H groups in total. The van der Waals surface area contributed by atoms with Crippen LogP contribution in [-0.2, 0) is 12.8 Å². The van der Waals surface area contributed by atoms with Crippen molar-refractivity contribution in [3.8, 4) is 11.5 Å². The van der Waals surface area contributed by atoms with Crippen molar-refractivity contribution in [1.82, 2.24) is 0 Å². The molecule has 1 aliphatic carbocycles. The molecule has 4 heteroatoms. The molecule has 0 fully saturated rings. The molecular formula is C22H21NO2S. The van der Waals surface area contributed by atoms with Crippen LogP contribution in [0.5, 0.6) is 11.5 Å². The Morgan fingerprint density at radius 3 is 2.58 bits per heavy atom. The number of fused-ring (bicyclic) bond motifs is 1. The van der Waals surface area contributed by atoms with Gasteiger partial charge in [0.15, 0.2) is 0 Å². The number of nitrogens with one attached hydrogen (secondary N) is 1. The van der Waals surface area contributed by atoms with Crippen LogP contribution in [0.4, 0.5) is 5.69 Å². The highest BCUT2D eigenvalue weighted by molar-refractivity contribution is 7.14. The number of amides is 1. The van der Waals surface area contributed by atoms with E-state index in [0.717, 1.165) is 34.9 Å². The Morgan fingerprint density at radius 1 is 1.08 bits per heavy atom. The van der Waals surface area contributed by atoms with E-state index in [1.165, 1.54) is 16.9 Å². The molecule has 3 nitrogen and oxygen atoms in total. The summed E-state index contributed by atoms with van der Waals surface area (Å²) in [5, 5.41) is 2.99. The number of carbonyl (C=O) groups is 1. The van der Waals surface area contributed by atoms with Gasteiger partial charge in [0, 0.05) is 10.6 Å². The SMILES string of the molecule is C[C@H]1CCc2sc(C(=O)Nc3ccc(Oc4ccccc4)cc3)cc2C1. The number of hydrogen-bond acceptors (Lipinski definition) is 3. The van der Waals surface area contributed by atoms with Crippen molar-refractivity contribution in [3.05, 3.63) is 76.0 Å². The Morgan fingerprint density at radius 2 is 1.81 bits per heavy atom. The third kappa shape index (κ3) is 3.81. The fourth-order valence-corrected chi connectivity index (χ4v) is 4.34. The highest BCUT2D eigenvalue weighted by atomic mass is 32.1. The van der Waals surface area contributed by atoms with Crippen LogP contribution in [0.15, 0.2) is 60.7 Å². The van der Waals surface area contributed by atoms with E-state index in [2.05, 4.69) is 18.3 Å². The first kappa shape index (κ1) is 16.9. The van der Waals surface area contributed by atoms with Crippen molar-refractivity contribution in [1.29, 1.82) is 0 Å². The maximum absolute atomic E-state index is 12.6. The first-order valence-corrected chi connectivity index (χ1v) is 9.75. The van der Waals surface area contributed by atoms with Gasteiger partial charge in [-0.05, 0) is 73.2 Å². The number of ether oxygens (including phenoxy) is 1. The van der Waals surface area contributed by atoms with E-state index >= 15 is 0 Å². The second-order valence-corrected chi connectivity index (χ2v) is 7.94. The zero-order chi connectivity index (χ0) is 17.9. The number of benzene rings is 2. The normalized spacial score (nSPS) is 16.0. The van der Waals surface area contributed by atoms with Gasteiger partial charge in [0.2, 0.25) is 0 Å². The maximum Gasteiger partial charge on any atom is 0.265 e. The number of carbonyl (C=O) groups excluding carboxylic acids is 1. The third-order valence-corrected chi connectivity index (χ3v) is 5.88. The van der Waals surface area contributed by atoms with Crippen LogP contribution < -0.4 is 10.1 Å². The molecule has 26 heavy (non-hydrogen) atoms. The molecule has 1 aromatic heterocycles. The molecule has 4 rings (SSSR count). The first-order chi connectivity index (χ1) is 12.7. The number of thiophene rings is 1. The summed E-state index contributed by atoms with van der Waals surface area (Å²) >= 11 is 1.63. The Balaban J connectivity index is 1.42. The topological polar surface area (TPSA) is 38.3 Å². The van der Waals surface area contributed by atoms with Crippen LogP contribution in [0, 0.1) is 5.92 Å². The molecule has 0 unspecified atom stereocenters. The molecule has 0 bridgehead atoms. The Labute approximate surface area is 157 Å². The van der Waals surface area contributed by atoms with Crippen LogP contribution in [-0.4, -0.2) is 5.91 Å². The van der Waals surface area contributed by atoms with Crippen molar-refractivity contribution in [2.75, 3.05) is 5.32 Å². The summed E-state index contributed by atoms with van der Waals surface area (Å²) in [5.74, 6) is 2.22. The molecular weight excluding hydrogens is 342 g/mol. The van der Waals surface area contributed by atoms with E-state index in [1.807, 2.05) is 54.6 Å². The summed E-state index contributed by atoms with van der Waals surface area (Å²) < 4.78 is 5.78. The number of anilines is 1. The van der Waals surface area contributed by atoms with Gasteiger partial charge in [0.25, 0.3) is 5.91 Å². The van der Waals surface area contributed by atoms with E-state index in [1.54, 1.807) is 11.3 Å². The van der Waals surface area contributed by atoms with Gasteiger partial charge in [-0.25, -0.2) is 0 Å². The summed E-state index contributed by atoms with van der Waals surface area (Å²) in [6.07, 6.45) is 3.40. The van der Waals surface area contributed by atoms with E-state index in [4.69, 9.17) is 4.74 Å². The lowest BCUT2D eigenvalue weighted by molar-refractivity contribution is 0.103. The van der Waals surface area contributed by atoms with Gasteiger partial charge in [0.1, 0.15) is 11.5 Å². The average Bonchev–Trinajstić information content (AvgIpc) is 3.07. The lowest BCUT2D eigenvalue weighted by atomic mass is 9.90. The molecule has 1 atom stereocenters. The summed E-state index contributed by atoms with van der Waals surface area (Å²) in [7, 11) is 0. The van der Waals surface area contributed by atoms with Gasteiger partial charge >= 0.3 is 0 Å².